The highest BCUT2D eigenvalue weighted by Gasteiger charge is 2.25. The molecule has 0 saturated carbocycles. The highest BCUT2D eigenvalue weighted by Crippen LogP contribution is 2.18. The molecule has 3 heterocycles. The highest BCUT2D eigenvalue weighted by molar-refractivity contribution is 5.44. The first kappa shape index (κ1) is 12.4. The van der Waals surface area contributed by atoms with Gasteiger partial charge in [-0.05, 0) is 26.0 Å². The third kappa shape index (κ3) is 2.69. The number of ether oxygens (including phenoxy) is 1. The van der Waals surface area contributed by atoms with Gasteiger partial charge in [-0.15, -0.1) is 0 Å². The number of morpholine rings is 1. The summed E-state index contributed by atoms with van der Waals surface area (Å²) < 4.78 is 16.1. The van der Waals surface area contributed by atoms with Crippen molar-refractivity contribution in [1.29, 1.82) is 0 Å². The Kier molecular flexibility index (Phi) is 3.35. The molecule has 1 saturated heterocycles. The molecule has 2 atom stereocenters. The number of nitrogens with zero attached hydrogens (tertiary/aromatic N) is 3. The normalized spacial score (nSPS) is 24.7. The van der Waals surface area contributed by atoms with Crippen LogP contribution in [0.4, 0.5) is 0 Å². The van der Waals surface area contributed by atoms with Crippen molar-refractivity contribution in [3.05, 3.63) is 24.3 Å². The molecule has 6 heteroatoms. The van der Waals surface area contributed by atoms with Crippen LogP contribution >= 0.6 is 0 Å². The monoisotopic (exact) mass is 263 g/mol. The van der Waals surface area contributed by atoms with Crippen LogP contribution in [0.25, 0.3) is 11.6 Å². The fraction of sp³-hybridized carbons (Fsp3) is 0.538. The molecular formula is C13H17N3O3. The Morgan fingerprint density at radius 2 is 2.32 bits per heavy atom. The van der Waals surface area contributed by atoms with Gasteiger partial charge in [0.15, 0.2) is 5.76 Å². The van der Waals surface area contributed by atoms with E-state index in [2.05, 4.69) is 28.9 Å². The average Bonchev–Trinajstić information content (AvgIpc) is 3.04. The minimum absolute atomic E-state index is 0.240. The Morgan fingerprint density at radius 1 is 1.42 bits per heavy atom. The van der Waals surface area contributed by atoms with E-state index in [-0.39, 0.29) is 6.10 Å². The van der Waals surface area contributed by atoms with E-state index in [1.54, 1.807) is 12.3 Å². The Bertz CT molecular complexity index is 523. The summed E-state index contributed by atoms with van der Waals surface area (Å²) in [4.78, 5) is 6.64. The molecule has 0 spiro atoms. The van der Waals surface area contributed by atoms with Gasteiger partial charge in [0.1, 0.15) is 0 Å². The Balaban J connectivity index is 1.70. The number of hydrogen-bond donors (Lipinski definition) is 0. The van der Waals surface area contributed by atoms with E-state index in [1.165, 1.54) is 0 Å². The SMILES string of the molecule is C[C@@H]1CN(Cc2nc(-c3ccco3)no2)[C@@H](C)CO1. The second-order valence-corrected chi connectivity index (χ2v) is 4.91. The molecule has 0 aliphatic carbocycles. The first-order chi connectivity index (χ1) is 9.22. The van der Waals surface area contributed by atoms with Crippen molar-refractivity contribution in [2.24, 2.45) is 0 Å². The van der Waals surface area contributed by atoms with E-state index in [0.29, 0.717) is 30.1 Å². The number of rotatable bonds is 3. The van der Waals surface area contributed by atoms with Gasteiger partial charge in [0, 0.05) is 12.6 Å². The molecule has 0 N–H and O–H groups in total. The van der Waals surface area contributed by atoms with Crippen LogP contribution in [0.5, 0.6) is 0 Å². The molecular weight excluding hydrogens is 246 g/mol. The zero-order valence-corrected chi connectivity index (χ0v) is 11.1. The van der Waals surface area contributed by atoms with Gasteiger partial charge in [-0.25, -0.2) is 0 Å². The maximum atomic E-state index is 5.60. The Morgan fingerprint density at radius 3 is 3.11 bits per heavy atom. The molecule has 2 aromatic rings. The summed E-state index contributed by atoms with van der Waals surface area (Å²) in [5.74, 6) is 1.72. The zero-order valence-electron chi connectivity index (χ0n) is 11.1. The quantitative estimate of drug-likeness (QED) is 0.843. The first-order valence-electron chi connectivity index (χ1n) is 6.44. The van der Waals surface area contributed by atoms with Crippen LogP contribution in [0.15, 0.2) is 27.3 Å². The fourth-order valence-corrected chi connectivity index (χ4v) is 2.19. The van der Waals surface area contributed by atoms with Crippen molar-refractivity contribution >= 4 is 0 Å². The summed E-state index contributed by atoms with van der Waals surface area (Å²) in [5.41, 5.74) is 0. The third-order valence-electron chi connectivity index (χ3n) is 3.28. The smallest absolute Gasteiger partial charge is 0.241 e. The number of aromatic nitrogens is 2. The third-order valence-corrected chi connectivity index (χ3v) is 3.28. The lowest BCUT2D eigenvalue weighted by Crippen LogP contribution is -2.46. The molecule has 3 rings (SSSR count). The van der Waals surface area contributed by atoms with Crippen molar-refractivity contribution < 1.29 is 13.7 Å². The van der Waals surface area contributed by atoms with E-state index in [9.17, 15) is 0 Å². The van der Waals surface area contributed by atoms with E-state index in [4.69, 9.17) is 13.7 Å². The molecule has 1 aliphatic rings. The Labute approximate surface area is 111 Å². The molecule has 1 fully saturated rings. The number of furan rings is 1. The van der Waals surface area contributed by atoms with Crippen LogP contribution in [0.3, 0.4) is 0 Å². The molecule has 19 heavy (non-hydrogen) atoms. The molecule has 102 valence electrons. The Hall–Kier alpha value is -1.66. The van der Waals surface area contributed by atoms with Crippen molar-refractivity contribution in [3.8, 4) is 11.6 Å². The van der Waals surface area contributed by atoms with E-state index >= 15 is 0 Å². The van der Waals surface area contributed by atoms with Crippen LogP contribution in [-0.4, -0.2) is 40.3 Å². The van der Waals surface area contributed by atoms with Crippen LogP contribution in [-0.2, 0) is 11.3 Å². The van der Waals surface area contributed by atoms with Crippen molar-refractivity contribution in [2.45, 2.75) is 32.5 Å². The standard InChI is InChI=1S/C13H17N3O3/c1-9-8-18-10(2)6-16(9)7-12-14-13(15-19-12)11-4-3-5-17-11/h3-5,9-10H,6-8H2,1-2H3/t9-,10+/m0/s1. The van der Waals surface area contributed by atoms with Crippen LogP contribution in [0, 0.1) is 0 Å². The molecule has 6 nitrogen and oxygen atoms in total. The molecule has 0 aromatic carbocycles. The summed E-state index contributed by atoms with van der Waals surface area (Å²) in [6.07, 6.45) is 1.83. The maximum absolute atomic E-state index is 5.60. The first-order valence-corrected chi connectivity index (χ1v) is 6.44. The molecule has 0 amide bonds. The van der Waals surface area contributed by atoms with Crippen LogP contribution < -0.4 is 0 Å². The van der Waals surface area contributed by atoms with E-state index in [1.807, 2.05) is 6.07 Å². The zero-order chi connectivity index (χ0) is 13.2. The van der Waals surface area contributed by atoms with Gasteiger partial charge >= 0.3 is 0 Å². The summed E-state index contributed by atoms with van der Waals surface area (Å²) in [7, 11) is 0. The van der Waals surface area contributed by atoms with E-state index < -0.39 is 0 Å². The minimum Gasteiger partial charge on any atom is -0.461 e. The van der Waals surface area contributed by atoms with E-state index in [0.717, 1.165) is 13.2 Å². The summed E-state index contributed by atoms with van der Waals surface area (Å²) in [6, 6.07) is 3.97. The van der Waals surface area contributed by atoms with Crippen LogP contribution in [0.2, 0.25) is 0 Å². The second kappa shape index (κ2) is 5.14. The topological polar surface area (TPSA) is 64.5 Å². The van der Waals surface area contributed by atoms with Gasteiger partial charge in [-0.1, -0.05) is 5.16 Å². The maximum Gasteiger partial charge on any atom is 0.241 e. The lowest BCUT2D eigenvalue weighted by atomic mass is 10.2. The summed E-state index contributed by atoms with van der Waals surface area (Å²) in [6.45, 7) is 6.46. The van der Waals surface area contributed by atoms with Crippen molar-refractivity contribution in [1.82, 2.24) is 15.0 Å². The average molecular weight is 263 g/mol. The molecule has 0 unspecified atom stereocenters. The fourth-order valence-electron chi connectivity index (χ4n) is 2.19. The summed E-state index contributed by atoms with van der Waals surface area (Å²) in [5, 5.41) is 3.93. The van der Waals surface area contributed by atoms with Crippen molar-refractivity contribution in [3.63, 3.8) is 0 Å². The molecule has 0 bridgehead atoms. The van der Waals surface area contributed by atoms with Crippen molar-refractivity contribution in [2.75, 3.05) is 13.2 Å². The summed E-state index contributed by atoms with van der Waals surface area (Å²) >= 11 is 0. The van der Waals surface area contributed by atoms with Crippen LogP contribution in [0.1, 0.15) is 19.7 Å². The molecule has 2 aromatic heterocycles. The predicted molar refractivity (Wildman–Crippen MR) is 67.3 cm³/mol. The van der Waals surface area contributed by atoms with Gasteiger partial charge < -0.3 is 13.7 Å². The van der Waals surface area contributed by atoms with Gasteiger partial charge in [0.25, 0.3) is 0 Å². The lowest BCUT2D eigenvalue weighted by molar-refractivity contribution is -0.0555. The van der Waals surface area contributed by atoms with Gasteiger partial charge in [-0.2, -0.15) is 4.98 Å². The molecule has 1 aliphatic heterocycles. The number of hydrogen-bond acceptors (Lipinski definition) is 6. The highest BCUT2D eigenvalue weighted by atomic mass is 16.5. The predicted octanol–water partition coefficient (Wildman–Crippen LogP) is 1.94. The van der Waals surface area contributed by atoms with Gasteiger partial charge in [0.2, 0.25) is 11.7 Å². The largest absolute Gasteiger partial charge is 0.461 e. The molecule has 0 radical (unpaired) electrons. The minimum atomic E-state index is 0.240. The second-order valence-electron chi connectivity index (χ2n) is 4.91. The van der Waals surface area contributed by atoms with Gasteiger partial charge in [0.05, 0.1) is 25.5 Å². The lowest BCUT2D eigenvalue weighted by Gasteiger charge is -2.35. The van der Waals surface area contributed by atoms with Gasteiger partial charge in [-0.3, -0.25) is 4.90 Å².